The Morgan fingerprint density at radius 3 is 3.00 bits per heavy atom. The van der Waals surface area contributed by atoms with Crippen LogP contribution in [0.2, 0.25) is 0 Å². The van der Waals surface area contributed by atoms with Crippen LogP contribution in [0.15, 0.2) is 27.6 Å². The van der Waals surface area contributed by atoms with Gasteiger partial charge in [-0.3, -0.25) is 16.0 Å². The fraction of sp³-hybridized carbons (Fsp3) is 0.364. The van der Waals surface area contributed by atoms with E-state index in [0.29, 0.717) is 0 Å². The largest absolute Gasteiger partial charge is 0.276 e. The maximum atomic E-state index is 5.60. The average Bonchev–Trinajstić information content (AvgIpc) is 2.89. The number of aromatic nitrogens is 2. The number of hydrogen-bond acceptors (Lipinski definition) is 4. The van der Waals surface area contributed by atoms with Gasteiger partial charge in [0.2, 0.25) is 0 Å². The van der Waals surface area contributed by atoms with Gasteiger partial charge in [0.05, 0.1) is 9.98 Å². The van der Waals surface area contributed by atoms with Crippen molar-refractivity contribution in [2.24, 2.45) is 12.9 Å². The quantitative estimate of drug-likeness (QED) is 0.658. The summed E-state index contributed by atoms with van der Waals surface area (Å²) in [7, 11) is 1.93. The van der Waals surface area contributed by atoms with E-state index in [1.807, 2.05) is 24.1 Å². The van der Waals surface area contributed by atoms with Gasteiger partial charge in [-0.2, -0.15) is 5.10 Å². The van der Waals surface area contributed by atoms with Gasteiger partial charge in [-0.1, -0.05) is 0 Å². The van der Waals surface area contributed by atoms with Crippen LogP contribution in [0.25, 0.3) is 0 Å². The summed E-state index contributed by atoms with van der Waals surface area (Å²) < 4.78 is 2.95. The van der Waals surface area contributed by atoms with E-state index < -0.39 is 0 Å². The molecule has 1 unspecified atom stereocenters. The molecule has 2 aromatic rings. The van der Waals surface area contributed by atoms with Gasteiger partial charge in [-0.05, 0) is 51.3 Å². The van der Waals surface area contributed by atoms with Gasteiger partial charge in [-0.25, -0.2) is 0 Å². The maximum absolute atomic E-state index is 5.60. The molecule has 0 aromatic carbocycles. The second-order valence-corrected chi connectivity index (χ2v) is 6.25. The molecule has 3 N–H and O–H groups in total. The Morgan fingerprint density at radius 2 is 2.47 bits per heavy atom. The number of nitrogens with one attached hydrogen (secondary N) is 1. The van der Waals surface area contributed by atoms with E-state index in [9.17, 15) is 0 Å². The van der Waals surface area contributed by atoms with Crippen molar-refractivity contribution in [2.45, 2.75) is 18.9 Å². The number of halogens is 1. The van der Waals surface area contributed by atoms with Crippen molar-refractivity contribution in [3.05, 3.63) is 38.8 Å². The minimum absolute atomic E-state index is 0.192. The SMILES string of the molecule is Cn1cc(CCC(NN)c2csc(Br)c2)cn1. The third kappa shape index (κ3) is 3.38. The van der Waals surface area contributed by atoms with Crippen molar-refractivity contribution in [3.63, 3.8) is 0 Å². The number of thiophene rings is 1. The van der Waals surface area contributed by atoms with Crippen LogP contribution in [0.4, 0.5) is 0 Å². The molecule has 0 fully saturated rings. The van der Waals surface area contributed by atoms with Gasteiger partial charge >= 0.3 is 0 Å². The van der Waals surface area contributed by atoms with Crippen molar-refractivity contribution in [1.29, 1.82) is 0 Å². The first kappa shape index (κ1) is 12.8. The molecule has 0 bridgehead atoms. The Kier molecular flexibility index (Phi) is 4.33. The first-order valence-electron chi connectivity index (χ1n) is 5.36. The maximum Gasteiger partial charge on any atom is 0.0701 e. The smallest absolute Gasteiger partial charge is 0.0701 e. The Labute approximate surface area is 113 Å². The van der Waals surface area contributed by atoms with Crippen LogP contribution in [0.3, 0.4) is 0 Å². The Morgan fingerprint density at radius 1 is 1.65 bits per heavy atom. The van der Waals surface area contributed by atoms with Crippen molar-refractivity contribution in [3.8, 4) is 0 Å². The first-order chi connectivity index (χ1) is 8.19. The highest BCUT2D eigenvalue weighted by Crippen LogP contribution is 2.27. The lowest BCUT2D eigenvalue weighted by Gasteiger charge is -2.13. The lowest BCUT2D eigenvalue weighted by Crippen LogP contribution is -2.28. The van der Waals surface area contributed by atoms with Gasteiger partial charge in [-0.15, -0.1) is 11.3 Å². The molecule has 0 aliphatic heterocycles. The summed E-state index contributed by atoms with van der Waals surface area (Å²) in [4.78, 5) is 0. The lowest BCUT2D eigenvalue weighted by atomic mass is 10.0. The Balaban J connectivity index is 1.96. The van der Waals surface area contributed by atoms with Gasteiger partial charge in [0, 0.05) is 19.3 Å². The van der Waals surface area contributed by atoms with E-state index in [1.54, 1.807) is 11.3 Å². The molecule has 0 amide bonds. The van der Waals surface area contributed by atoms with Crippen LogP contribution < -0.4 is 11.3 Å². The second-order valence-electron chi connectivity index (χ2n) is 3.96. The summed E-state index contributed by atoms with van der Waals surface area (Å²) in [5.41, 5.74) is 5.34. The Bertz CT molecular complexity index is 479. The number of nitrogens with two attached hydrogens (primary N) is 1. The topological polar surface area (TPSA) is 55.9 Å². The minimum atomic E-state index is 0.192. The lowest BCUT2D eigenvalue weighted by molar-refractivity contribution is 0.517. The minimum Gasteiger partial charge on any atom is -0.276 e. The van der Waals surface area contributed by atoms with E-state index in [0.717, 1.165) is 16.6 Å². The average molecular weight is 315 g/mol. The van der Waals surface area contributed by atoms with Crippen LogP contribution in [0.1, 0.15) is 23.6 Å². The van der Waals surface area contributed by atoms with Crippen LogP contribution in [-0.4, -0.2) is 9.78 Å². The molecule has 2 heterocycles. The number of nitrogens with zero attached hydrogens (tertiary/aromatic N) is 2. The molecule has 0 saturated heterocycles. The van der Waals surface area contributed by atoms with Crippen molar-refractivity contribution in [1.82, 2.24) is 15.2 Å². The molecule has 92 valence electrons. The summed E-state index contributed by atoms with van der Waals surface area (Å²) in [5.74, 6) is 5.60. The number of hydrazine groups is 1. The molecule has 4 nitrogen and oxygen atoms in total. The van der Waals surface area contributed by atoms with Crippen LogP contribution >= 0.6 is 27.3 Å². The molecule has 0 spiro atoms. The molecule has 6 heteroatoms. The molecular weight excluding hydrogens is 300 g/mol. The molecule has 2 aromatic heterocycles. The van der Waals surface area contributed by atoms with E-state index in [-0.39, 0.29) is 6.04 Å². The van der Waals surface area contributed by atoms with Crippen molar-refractivity contribution < 1.29 is 0 Å². The monoisotopic (exact) mass is 314 g/mol. The van der Waals surface area contributed by atoms with Gasteiger partial charge in [0.1, 0.15) is 0 Å². The van der Waals surface area contributed by atoms with Crippen molar-refractivity contribution in [2.75, 3.05) is 0 Å². The van der Waals surface area contributed by atoms with E-state index >= 15 is 0 Å². The zero-order chi connectivity index (χ0) is 12.3. The molecular formula is C11H15BrN4S. The zero-order valence-electron chi connectivity index (χ0n) is 9.56. The summed E-state index contributed by atoms with van der Waals surface area (Å²) in [6, 6.07) is 2.30. The standard InChI is InChI=1S/C11H15BrN4S/c1-16-6-8(5-14-16)2-3-10(15-13)9-4-11(12)17-7-9/h4-7,10,15H,2-3,13H2,1H3. The van der Waals surface area contributed by atoms with E-state index in [4.69, 9.17) is 5.84 Å². The molecule has 1 atom stereocenters. The number of rotatable bonds is 5. The van der Waals surface area contributed by atoms with Crippen LogP contribution in [0.5, 0.6) is 0 Å². The fourth-order valence-electron chi connectivity index (χ4n) is 1.76. The van der Waals surface area contributed by atoms with E-state index in [2.05, 4.69) is 37.9 Å². The molecule has 17 heavy (non-hydrogen) atoms. The second kappa shape index (κ2) is 5.77. The number of aryl methyl sites for hydroxylation is 2. The highest BCUT2D eigenvalue weighted by atomic mass is 79.9. The molecule has 2 rings (SSSR count). The van der Waals surface area contributed by atoms with Gasteiger partial charge in [0.15, 0.2) is 0 Å². The third-order valence-electron chi connectivity index (χ3n) is 2.67. The normalized spacial score (nSPS) is 12.9. The summed E-state index contributed by atoms with van der Waals surface area (Å²) in [5, 5.41) is 6.28. The first-order valence-corrected chi connectivity index (χ1v) is 7.04. The summed E-state index contributed by atoms with van der Waals surface area (Å²) in [6.45, 7) is 0. The predicted octanol–water partition coefficient (Wildman–Crippen LogP) is 2.38. The van der Waals surface area contributed by atoms with Crippen molar-refractivity contribution >= 4 is 27.3 Å². The molecule has 0 saturated carbocycles. The highest BCUT2D eigenvalue weighted by molar-refractivity contribution is 9.11. The van der Waals surface area contributed by atoms with Gasteiger partial charge < -0.3 is 0 Å². The molecule has 0 radical (unpaired) electrons. The summed E-state index contributed by atoms with van der Waals surface area (Å²) in [6.07, 6.45) is 5.87. The van der Waals surface area contributed by atoms with Crippen LogP contribution in [-0.2, 0) is 13.5 Å². The summed E-state index contributed by atoms with van der Waals surface area (Å²) >= 11 is 5.14. The predicted molar refractivity (Wildman–Crippen MR) is 73.6 cm³/mol. The fourth-order valence-corrected chi connectivity index (χ4v) is 2.99. The van der Waals surface area contributed by atoms with Gasteiger partial charge in [0.25, 0.3) is 0 Å². The van der Waals surface area contributed by atoms with E-state index in [1.165, 1.54) is 11.1 Å². The highest BCUT2D eigenvalue weighted by Gasteiger charge is 2.11. The molecule has 0 aliphatic rings. The Hall–Kier alpha value is -0.690. The molecule has 0 aliphatic carbocycles. The van der Waals surface area contributed by atoms with Crippen LogP contribution in [0, 0.1) is 0 Å². The third-order valence-corrected chi connectivity index (χ3v) is 4.19. The zero-order valence-corrected chi connectivity index (χ0v) is 12.0. The number of hydrogen-bond donors (Lipinski definition) is 2.